The van der Waals surface area contributed by atoms with Crippen LogP contribution in [0, 0.1) is 0 Å². The first-order valence-corrected chi connectivity index (χ1v) is 5.89. The number of rotatable bonds is 2. The third-order valence-electron chi connectivity index (χ3n) is 3.13. The van der Waals surface area contributed by atoms with Crippen LogP contribution in [-0.2, 0) is 23.8 Å². The lowest BCUT2D eigenvalue weighted by Crippen LogP contribution is -2.49. The summed E-state index contributed by atoms with van der Waals surface area (Å²) in [6.45, 7) is 1.13. The molecule has 0 aromatic rings. The monoisotopic (exact) mass is 259 g/mol. The van der Waals surface area contributed by atoms with Crippen LogP contribution in [0.5, 0.6) is 0 Å². The van der Waals surface area contributed by atoms with E-state index in [9.17, 15) is 14.7 Å². The maximum Gasteiger partial charge on any atom is 0.328 e. The Balaban J connectivity index is 2.04. The number of aliphatic hydroxyl groups excluding tert-OH is 1. The number of amides is 1. The lowest BCUT2D eigenvalue weighted by atomic mass is 10.2. The summed E-state index contributed by atoms with van der Waals surface area (Å²) >= 11 is 0. The fraction of sp³-hybridized carbons (Fsp3) is 0.818. The molecule has 2 aliphatic rings. The third-order valence-corrected chi connectivity index (χ3v) is 3.13. The number of aliphatic hydroxyl groups is 1. The first-order chi connectivity index (χ1) is 8.63. The number of likely N-dealkylation sites (tertiary alicyclic amines) is 1. The van der Waals surface area contributed by atoms with E-state index in [0.29, 0.717) is 13.2 Å². The van der Waals surface area contributed by atoms with Gasteiger partial charge in [0, 0.05) is 13.0 Å². The summed E-state index contributed by atoms with van der Waals surface area (Å²) < 4.78 is 15.1. The highest BCUT2D eigenvalue weighted by atomic mass is 16.6. The highest BCUT2D eigenvalue weighted by Gasteiger charge is 2.42. The van der Waals surface area contributed by atoms with Crippen LogP contribution in [0.3, 0.4) is 0 Å². The fourth-order valence-electron chi connectivity index (χ4n) is 2.23. The third kappa shape index (κ3) is 2.63. The van der Waals surface area contributed by atoms with Crippen molar-refractivity contribution in [1.82, 2.24) is 4.90 Å². The normalized spacial score (nSPS) is 32.3. The minimum Gasteiger partial charge on any atom is -0.467 e. The second-order valence-electron chi connectivity index (χ2n) is 4.35. The minimum absolute atomic E-state index is 0.123. The number of carbonyl (C=O) groups is 2. The van der Waals surface area contributed by atoms with Gasteiger partial charge in [-0.1, -0.05) is 0 Å². The van der Waals surface area contributed by atoms with E-state index >= 15 is 0 Å². The van der Waals surface area contributed by atoms with Crippen LogP contribution in [0.25, 0.3) is 0 Å². The Labute approximate surface area is 105 Å². The summed E-state index contributed by atoms with van der Waals surface area (Å²) in [5, 5.41) is 9.59. The lowest BCUT2D eigenvalue weighted by Gasteiger charge is -2.29. The van der Waals surface area contributed by atoms with Crippen LogP contribution in [0.15, 0.2) is 0 Å². The number of β-amino-alcohol motifs (C(OH)–C–C–N with tert-alkyl or cyclic N) is 1. The van der Waals surface area contributed by atoms with E-state index in [1.165, 1.54) is 12.0 Å². The summed E-state index contributed by atoms with van der Waals surface area (Å²) in [5.74, 6) is -0.849. The number of esters is 1. The van der Waals surface area contributed by atoms with Crippen molar-refractivity contribution in [3.05, 3.63) is 0 Å². The van der Waals surface area contributed by atoms with Gasteiger partial charge in [-0.25, -0.2) is 4.79 Å². The average Bonchev–Trinajstić information content (AvgIpc) is 2.80. The van der Waals surface area contributed by atoms with Gasteiger partial charge in [-0.15, -0.1) is 0 Å². The van der Waals surface area contributed by atoms with Crippen molar-refractivity contribution < 1.29 is 28.9 Å². The molecule has 0 radical (unpaired) electrons. The maximum atomic E-state index is 12.2. The van der Waals surface area contributed by atoms with Crippen molar-refractivity contribution in [1.29, 1.82) is 0 Å². The largest absolute Gasteiger partial charge is 0.467 e. The van der Waals surface area contributed by atoms with E-state index < -0.39 is 24.2 Å². The van der Waals surface area contributed by atoms with Gasteiger partial charge in [0.15, 0.2) is 6.10 Å². The first kappa shape index (κ1) is 13.3. The van der Waals surface area contributed by atoms with Crippen molar-refractivity contribution in [3.8, 4) is 0 Å². The summed E-state index contributed by atoms with van der Waals surface area (Å²) in [5.41, 5.74) is 0. The summed E-state index contributed by atoms with van der Waals surface area (Å²) in [7, 11) is 1.26. The van der Waals surface area contributed by atoms with Gasteiger partial charge in [0.2, 0.25) is 0 Å². The van der Waals surface area contributed by atoms with Crippen molar-refractivity contribution in [2.24, 2.45) is 0 Å². The van der Waals surface area contributed by atoms with Crippen LogP contribution in [0.4, 0.5) is 0 Å². The quantitative estimate of drug-likeness (QED) is 0.610. The molecule has 3 unspecified atom stereocenters. The predicted molar refractivity (Wildman–Crippen MR) is 58.7 cm³/mol. The molecule has 2 heterocycles. The summed E-state index contributed by atoms with van der Waals surface area (Å²) in [6, 6.07) is -0.733. The van der Waals surface area contributed by atoms with Gasteiger partial charge in [0.1, 0.15) is 6.04 Å². The summed E-state index contributed by atoms with van der Waals surface area (Å²) in [6.07, 6.45) is -1.20. The highest BCUT2D eigenvalue weighted by molar-refractivity contribution is 5.88. The Kier molecular flexibility index (Phi) is 4.15. The standard InChI is InChI=1S/C11H17NO6/c1-16-11(15)8-4-7(13)5-12(8)10(14)9-6-17-2-3-18-9/h7-9,13H,2-6H2,1H3. The van der Waals surface area contributed by atoms with E-state index in [2.05, 4.69) is 4.74 Å². The first-order valence-electron chi connectivity index (χ1n) is 5.89. The van der Waals surface area contributed by atoms with Gasteiger partial charge in [-0.2, -0.15) is 0 Å². The molecule has 3 atom stereocenters. The molecule has 0 aliphatic carbocycles. The van der Waals surface area contributed by atoms with E-state index in [1.807, 2.05) is 0 Å². The number of carbonyl (C=O) groups excluding carboxylic acids is 2. The topological polar surface area (TPSA) is 85.3 Å². The maximum absolute atomic E-state index is 12.2. The number of nitrogens with zero attached hydrogens (tertiary/aromatic N) is 1. The van der Waals surface area contributed by atoms with Crippen molar-refractivity contribution >= 4 is 11.9 Å². The lowest BCUT2D eigenvalue weighted by molar-refractivity contribution is -0.164. The Morgan fingerprint density at radius 3 is 2.78 bits per heavy atom. The van der Waals surface area contributed by atoms with E-state index in [-0.39, 0.29) is 25.5 Å². The van der Waals surface area contributed by atoms with Crippen molar-refractivity contribution in [2.45, 2.75) is 24.7 Å². The Morgan fingerprint density at radius 1 is 1.39 bits per heavy atom. The number of hydrogen-bond acceptors (Lipinski definition) is 6. The molecule has 2 rings (SSSR count). The molecule has 2 fully saturated rings. The van der Waals surface area contributed by atoms with Gasteiger partial charge in [-0.3, -0.25) is 4.79 Å². The highest BCUT2D eigenvalue weighted by Crippen LogP contribution is 2.21. The average molecular weight is 259 g/mol. The number of hydrogen-bond donors (Lipinski definition) is 1. The van der Waals surface area contributed by atoms with Gasteiger partial charge in [0.25, 0.3) is 5.91 Å². The Hall–Kier alpha value is -1.18. The molecule has 7 heteroatoms. The van der Waals surface area contributed by atoms with E-state index in [0.717, 1.165) is 0 Å². The molecule has 1 N–H and O–H groups in total. The SMILES string of the molecule is COC(=O)C1CC(O)CN1C(=O)C1COCCO1. The smallest absolute Gasteiger partial charge is 0.328 e. The molecule has 18 heavy (non-hydrogen) atoms. The molecule has 102 valence electrons. The van der Waals surface area contributed by atoms with Gasteiger partial charge in [-0.05, 0) is 0 Å². The second-order valence-corrected chi connectivity index (χ2v) is 4.35. The molecule has 0 bridgehead atoms. The number of methoxy groups -OCH3 is 1. The zero-order valence-corrected chi connectivity index (χ0v) is 10.2. The fourth-order valence-corrected chi connectivity index (χ4v) is 2.23. The molecule has 2 aliphatic heterocycles. The summed E-state index contributed by atoms with van der Waals surface area (Å²) in [4.78, 5) is 25.1. The molecule has 1 amide bonds. The molecule has 0 aromatic heterocycles. The molecule has 2 saturated heterocycles. The zero-order valence-electron chi connectivity index (χ0n) is 10.2. The molecule has 0 spiro atoms. The molecular weight excluding hydrogens is 242 g/mol. The Bertz CT molecular complexity index is 327. The van der Waals surface area contributed by atoms with Crippen LogP contribution in [0.2, 0.25) is 0 Å². The van der Waals surface area contributed by atoms with Crippen molar-refractivity contribution in [3.63, 3.8) is 0 Å². The van der Waals surface area contributed by atoms with Crippen LogP contribution < -0.4 is 0 Å². The zero-order chi connectivity index (χ0) is 13.1. The molecule has 7 nitrogen and oxygen atoms in total. The molecular formula is C11H17NO6. The molecule has 0 aromatic carbocycles. The van der Waals surface area contributed by atoms with Crippen LogP contribution >= 0.6 is 0 Å². The van der Waals surface area contributed by atoms with Crippen LogP contribution in [-0.4, -0.2) is 73.6 Å². The predicted octanol–water partition coefficient (Wildman–Crippen LogP) is -1.46. The van der Waals surface area contributed by atoms with Gasteiger partial charge < -0.3 is 24.2 Å². The van der Waals surface area contributed by atoms with E-state index in [1.54, 1.807) is 0 Å². The van der Waals surface area contributed by atoms with Gasteiger partial charge >= 0.3 is 5.97 Å². The van der Waals surface area contributed by atoms with Crippen LogP contribution in [0.1, 0.15) is 6.42 Å². The minimum atomic E-state index is -0.733. The van der Waals surface area contributed by atoms with Gasteiger partial charge in [0.05, 0.1) is 33.0 Å². The van der Waals surface area contributed by atoms with E-state index in [4.69, 9.17) is 9.47 Å². The molecule has 0 saturated carbocycles. The number of ether oxygens (including phenoxy) is 3. The Morgan fingerprint density at radius 2 is 2.17 bits per heavy atom. The van der Waals surface area contributed by atoms with Crippen molar-refractivity contribution in [2.75, 3.05) is 33.5 Å². The second kappa shape index (κ2) is 5.64.